The normalized spacial score (nSPS) is 38.5. The molecule has 3 heteroatoms. The van der Waals surface area contributed by atoms with Crippen LogP contribution >= 0.6 is 0 Å². The summed E-state index contributed by atoms with van der Waals surface area (Å²) in [6.45, 7) is 4.13. The molecule has 0 amide bonds. The minimum atomic E-state index is -0.0406. The molecule has 0 bridgehead atoms. The van der Waals surface area contributed by atoms with Crippen molar-refractivity contribution in [3.05, 3.63) is 0 Å². The first-order valence-corrected chi connectivity index (χ1v) is 5.96. The summed E-state index contributed by atoms with van der Waals surface area (Å²) in [5.41, 5.74) is -0.0406. The number of ether oxygens (including phenoxy) is 1. The van der Waals surface area contributed by atoms with Gasteiger partial charge in [-0.2, -0.15) is 0 Å². The van der Waals surface area contributed by atoms with E-state index in [1.165, 1.54) is 0 Å². The van der Waals surface area contributed by atoms with Crippen LogP contribution in [-0.4, -0.2) is 42.5 Å². The highest BCUT2D eigenvalue weighted by atomic mass is 16.5. The van der Waals surface area contributed by atoms with Gasteiger partial charge in [-0.3, -0.25) is 9.69 Å². The molecule has 3 nitrogen and oxygen atoms in total. The van der Waals surface area contributed by atoms with Gasteiger partial charge in [0.1, 0.15) is 5.78 Å². The van der Waals surface area contributed by atoms with Crippen molar-refractivity contribution in [3.63, 3.8) is 0 Å². The molecule has 1 aliphatic heterocycles. The second-order valence-corrected chi connectivity index (χ2v) is 5.10. The van der Waals surface area contributed by atoms with Crippen LogP contribution < -0.4 is 0 Å². The van der Waals surface area contributed by atoms with Gasteiger partial charge >= 0.3 is 0 Å². The summed E-state index contributed by atoms with van der Waals surface area (Å²) < 4.78 is 5.55. The number of methoxy groups -OCH3 is 1. The van der Waals surface area contributed by atoms with Crippen molar-refractivity contribution in [1.82, 2.24) is 4.90 Å². The molecule has 1 aliphatic carbocycles. The van der Waals surface area contributed by atoms with Gasteiger partial charge in [0, 0.05) is 20.1 Å². The minimum Gasteiger partial charge on any atom is -0.377 e. The van der Waals surface area contributed by atoms with Crippen LogP contribution in [0, 0.1) is 0 Å². The first-order chi connectivity index (χ1) is 7.14. The number of carbonyl (C=O) groups excluding carboxylic acids is 1. The zero-order chi connectivity index (χ0) is 10.9. The second-order valence-electron chi connectivity index (χ2n) is 5.10. The number of hydrogen-bond acceptors (Lipinski definition) is 3. The van der Waals surface area contributed by atoms with E-state index < -0.39 is 0 Å². The standard InChI is InChI=1S/C12H21NO2/c1-12(15-2)7-4-8-13(9-12)10-5-3-6-11(10)14/h10H,3-9H2,1-2H3. The molecule has 2 aliphatic rings. The summed E-state index contributed by atoms with van der Waals surface area (Å²) in [4.78, 5) is 14.0. The third-order valence-corrected chi connectivity index (χ3v) is 3.89. The molecule has 1 saturated heterocycles. The molecule has 2 fully saturated rings. The molecule has 0 radical (unpaired) electrons. The van der Waals surface area contributed by atoms with E-state index in [0.717, 1.165) is 45.2 Å². The van der Waals surface area contributed by atoms with Crippen LogP contribution in [-0.2, 0) is 9.53 Å². The molecular weight excluding hydrogens is 190 g/mol. The Balaban J connectivity index is 2.01. The van der Waals surface area contributed by atoms with E-state index in [9.17, 15) is 4.79 Å². The molecule has 0 aromatic rings. The van der Waals surface area contributed by atoms with E-state index in [0.29, 0.717) is 5.78 Å². The van der Waals surface area contributed by atoms with Crippen molar-refractivity contribution in [2.45, 2.75) is 50.7 Å². The average Bonchev–Trinajstić information content (AvgIpc) is 2.65. The molecule has 0 aromatic carbocycles. The zero-order valence-electron chi connectivity index (χ0n) is 9.79. The molecule has 1 saturated carbocycles. The number of ketones is 1. The van der Waals surface area contributed by atoms with Gasteiger partial charge in [0.2, 0.25) is 0 Å². The monoisotopic (exact) mass is 211 g/mol. The first-order valence-electron chi connectivity index (χ1n) is 5.96. The van der Waals surface area contributed by atoms with E-state index in [4.69, 9.17) is 4.74 Å². The minimum absolute atomic E-state index is 0.0406. The number of nitrogens with zero attached hydrogens (tertiary/aromatic N) is 1. The van der Waals surface area contributed by atoms with E-state index in [-0.39, 0.29) is 11.6 Å². The number of Topliss-reactive ketones (excluding diaryl/α,β-unsaturated/α-hetero) is 1. The SMILES string of the molecule is COC1(C)CCCN(C2CCCC2=O)C1. The maximum atomic E-state index is 11.7. The van der Waals surface area contributed by atoms with Crippen LogP contribution in [0.1, 0.15) is 39.0 Å². The van der Waals surface area contributed by atoms with Crippen molar-refractivity contribution in [1.29, 1.82) is 0 Å². The topological polar surface area (TPSA) is 29.5 Å². The lowest BCUT2D eigenvalue weighted by Gasteiger charge is -2.41. The second kappa shape index (κ2) is 4.22. The summed E-state index contributed by atoms with van der Waals surface area (Å²) >= 11 is 0. The van der Waals surface area contributed by atoms with Gasteiger partial charge in [0.25, 0.3) is 0 Å². The Morgan fingerprint density at radius 2 is 2.27 bits per heavy atom. The number of likely N-dealkylation sites (tertiary alicyclic amines) is 1. The summed E-state index contributed by atoms with van der Waals surface area (Å²) in [5, 5.41) is 0. The molecule has 0 aromatic heterocycles. The van der Waals surface area contributed by atoms with Crippen LogP contribution in [0.15, 0.2) is 0 Å². The van der Waals surface area contributed by atoms with Crippen molar-refractivity contribution in [3.8, 4) is 0 Å². The molecular formula is C12H21NO2. The van der Waals surface area contributed by atoms with Crippen molar-refractivity contribution >= 4 is 5.78 Å². The predicted octanol–water partition coefficient (Wildman–Crippen LogP) is 1.61. The van der Waals surface area contributed by atoms with Gasteiger partial charge in [0.15, 0.2) is 0 Å². The Kier molecular flexibility index (Phi) is 3.12. The van der Waals surface area contributed by atoms with Gasteiger partial charge in [0.05, 0.1) is 11.6 Å². The van der Waals surface area contributed by atoms with Gasteiger partial charge in [-0.05, 0) is 39.2 Å². The van der Waals surface area contributed by atoms with Crippen LogP contribution in [0.5, 0.6) is 0 Å². The predicted molar refractivity (Wildman–Crippen MR) is 58.9 cm³/mol. The Morgan fingerprint density at radius 3 is 2.87 bits per heavy atom. The third-order valence-electron chi connectivity index (χ3n) is 3.89. The third kappa shape index (κ3) is 2.23. The van der Waals surface area contributed by atoms with E-state index in [1.54, 1.807) is 7.11 Å². The molecule has 0 spiro atoms. The Labute approximate surface area is 91.8 Å². The lowest BCUT2D eigenvalue weighted by Crippen LogP contribution is -2.52. The van der Waals surface area contributed by atoms with E-state index in [2.05, 4.69) is 11.8 Å². The molecule has 86 valence electrons. The number of carbonyl (C=O) groups is 1. The van der Waals surface area contributed by atoms with Crippen molar-refractivity contribution in [2.75, 3.05) is 20.2 Å². The fourth-order valence-electron chi connectivity index (χ4n) is 2.86. The van der Waals surface area contributed by atoms with Gasteiger partial charge in [-0.25, -0.2) is 0 Å². The summed E-state index contributed by atoms with van der Waals surface area (Å²) in [6.07, 6.45) is 5.17. The Bertz CT molecular complexity index is 254. The first kappa shape index (κ1) is 11.1. The fraction of sp³-hybridized carbons (Fsp3) is 0.917. The highest BCUT2D eigenvalue weighted by Gasteiger charge is 2.37. The smallest absolute Gasteiger partial charge is 0.149 e. The number of hydrogen-bond donors (Lipinski definition) is 0. The largest absolute Gasteiger partial charge is 0.377 e. The molecule has 15 heavy (non-hydrogen) atoms. The highest BCUT2D eigenvalue weighted by molar-refractivity contribution is 5.85. The maximum absolute atomic E-state index is 11.7. The molecule has 2 rings (SSSR count). The van der Waals surface area contributed by atoms with Gasteiger partial charge in [-0.1, -0.05) is 0 Å². The fourth-order valence-corrected chi connectivity index (χ4v) is 2.86. The molecule has 2 atom stereocenters. The van der Waals surface area contributed by atoms with E-state index in [1.807, 2.05) is 0 Å². The van der Waals surface area contributed by atoms with Crippen LogP contribution in [0.2, 0.25) is 0 Å². The zero-order valence-corrected chi connectivity index (χ0v) is 9.79. The van der Waals surface area contributed by atoms with E-state index >= 15 is 0 Å². The average molecular weight is 211 g/mol. The molecule has 0 N–H and O–H groups in total. The maximum Gasteiger partial charge on any atom is 0.149 e. The van der Waals surface area contributed by atoms with Crippen LogP contribution in [0.3, 0.4) is 0 Å². The summed E-state index contributed by atoms with van der Waals surface area (Å²) in [7, 11) is 1.78. The van der Waals surface area contributed by atoms with Gasteiger partial charge in [-0.15, -0.1) is 0 Å². The lowest BCUT2D eigenvalue weighted by atomic mass is 9.93. The quantitative estimate of drug-likeness (QED) is 0.695. The Morgan fingerprint density at radius 1 is 1.47 bits per heavy atom. The van der Waals surface area contributed by atoms with Gasteiger partial charge < -0.3 is 4.74 Å². The number of rotatable bonds is 2. The lowest BCUT2D eigenvalue weighted by molar-refractivity contribution is -0.125. The van der Waals surface area contributed by atoms with Crippen molar-refractivity contribution < 1.29 is 9.53 Å². The van der Waals surface area contributed by atoms with Crippen LogP contribution in [0.25, 0.3) is 0 Å². The highest BCUT2D eigenvalue weighted by Crippen LogP contribution is 2.29. The Hall–Kier alpha value is -0.410. The molecule has 2 unspecified atom stereocenters. The van der Waals surface area contributed by atoms with Crippen LogP contribution in [0.4, 0.5) is 0 Å². The summed E-state index contributed by atoms with van der Waals surface area (Å²) in [6, 6.07) is 0.194. The summed E-state index contributed by atoms with van der Waals surface area (Å²) in [5.74, 6) is 0.440. The number of piperidine rings is 1. The molecule has 1 heterocycles. The van der Waals surface area contributed by atoms with Crippen molar-refractivity contribution in [2.24, 2.45) is 0 Å².